The maximum absolute atomic E-state index is 12.0. The number of furan rings is 1. The minimum atomic E-state index is -0.102. The van der Waals surface area contributed by atoms with E-state index in [4.69, 9.17) is 20.8 Å². The van der Waals surface area contributed by atoms with Crippen LogP contribution in [0.3, 0.4) is 0 Å². The molecule has 17 heavy (non-hydrogen) atoms. The van der Waals surface area contributed by atoms with Crippen LogP contribution < -0.4 is 0 Å². The molecule has 1 aromatic rings. The minimum Gasteiger partial charge on any atom is -0.452 e. The van der Waals surface area contributed by atoms with Gasteiger partial charge < -0.3 is 14.1 Å². The number of hydrogen-bond donors (Lipinski definition) is 0. The van der Waals surface area contributed by atoms with Gasteiger partial charge in [-0.2, -0.15) is 0 Å². The lowest BCUT2D eigenvalue weighted by Crippen LogP contribution is -2.35. The van der Waals surface area contributed by atoms with E-state index in [9.17, 15) is 4.79 Å². The van der Waals surface area contributed by atoms with Gasteiger partial charge >= 0.3 is 0 Å². The first-order chi connectivity index (χ1) is 8.18. The Morgan fingerprint density at radius 2 is 2.47 bits per heavy atom. The summed E-state index contributed by atoms with van der Waals surface area (Å²) in [6.45, 7) is 2.26. The van der Waals surface area contributed by atoms with E-state index >= 15 is 0 Å². The van der Waals surface area contributed by atoms with Crippen LogP contribution in [-0.2, 0) is 4.74 Å². The fraction of sp³-hybridized carbons (Fsp3) is 0.583. The zero-order valence-corrected chi connectivity index (χ0v) is 10.6. The maximum Gasteiger partial charge on any atom is 0.258 e. The number of ether oxygens (including phenoxy) is 1. The van der Waals surface area contributed by atoms with Crippen LogP contribution >= 0.6 is 11.6 Å². The summed E-state index contributed by atoms with van der Waals surface area (Å²) in [7, 11) is 1.78. The molecule has 1 atom stereocenters. The lowest BCUT2D eigenvalue weighted by molar-refractivity contribution is 0.0388. The Hall–Kier alpha value is -1.00. The van der Waals surface area contributed by atoms with Gasteiger partial charge in [0.2, 0.25) is 5.22 Å². The highest BCUT2D eigenvalue weighted by Gasteiger charge is 2.21. The Labute approximate surface area is 105 Å². The van der Waals surface area contributed by atoms with E-state index in [1.165, 1.54) is 6.26 Å². The molecule has 0 saturated carbocycles. The molecule has 0 bridgehead atoms. The summed E-state index contributed by atoms with van der Waals surface area (Å²) >= 11 is 5.78. The lowest BCUT2D eigenvalue weighted by atomic mass is 10.0. The third kappa shape index (κ3) is 3.01. The van der Waals surface area contributed by atoms with Crippen LogP contribution in [0, 0.1) is 5.92 Å². The largest absolute Gasteiger partial charge is 0.452 e. The van der Waals surface area contributed by atoms with Crippen LogP contribution in [-0.4, -0.2) is 37.6 Å². The van der Waals surface area contributed by atoms with E-state index < -0.39 is 0 Å². The van der Waals surface area contributed by atoms with Crippen molar-refractivity contribution in [2.45, 2.75) is 12.8 Å². The minimum absolute atomic E-state index is 0.102. The average Bonchev–Trinajstić information content (AvgIpc) is 2.76. The monoisotopic (exact) mass is 257 g/mol. The first kappa shape index (κ1) is 12.5. The summed E-state index contributed by atoms with van der Waals surface area (Å²) in [4.78, 5) is 13.7. The highest BCUT2D eigenvalue weighted by Crippen LogP contribution is 2.20. The van der Waals surface area contributed by atoms with Crippen molar-refractivity contribution in [3.8, 4) is 0 Å². The highest BCUT2D eigenvalue weighted by molar-refractivity contribution is 6.32. The molecule has 0 aliphatic carbocycles. The zero-order chi connectivity index (χ0) is 12.3. The van der Waals surface area contributed by atoms with E-state index in [-0.39, 0.29) is 11.1 Å². The molecule has 94 valence electrons. The van der Waals surface area contributed by atoms with Crippen molar-refractivity contribution in [2.24, 2.45) is 5.92 Å². The zero-order valence-electron chi connectivity index (χ0n) is 9.82. The molecule has 2 rings (SSSR count). The van der Waals surface area contributed by atoms with Gasteiger partial charge in [-0.15, -0.1) is 0 Å². The normalized spacial score (nSPS) is 20.2. The standard InChI is InChI=1S/C12H16ClNO3/c1-14(7-9-3-2-5-16-8-9)12(15)10-4-6-17-11(10)13/h4,6,9H,2-3,5,7-8H2,1H3. The Kier molecular flexibility index (Phi) is 4.07. The van der Waals surface area contributed by atoms with Gasteiger partial charge in [0.25, 0.3) is 5.91 Å². The number of carbonyl (C=O) groups excluding carboxylic acids is 1. The molecule has 1 aliphatic heterocycles. The van der Waals surface area contributed by atoms with Gasteiger partial charge in [0.1, 0.15) is 0 Å². The first-order valence-corrected chi connectivity index (χ1v) is 6.12. The predicted octanol–water partition coefficient (Wildman–Crippen LogP) is 2.43. The number of amides is 1. The molecule has 0 radical (unpaired) electrons. The highest BCUT2D eigenvalue weighted by atomic mass is 35.5. The second-order valence-electron chi connectivity index (χ2n) is 4.38. The molecule has 1 unspecified atom stereocenters. The van der Waals surface area contributed by atoms with Crippen molar-refractivity contribution in [3.05, 3.63) is 23.1 Å². The van der Waals surface area contributed by atoms with Crippen LogP contribution in [0.15, 0.2) is 16.7 Å². The SMILES string of the molecule is CN(CC1CCCOC1)C(=O)c1ccoc1Cl. The van der Waals surface area contributed by atoms with E-state index in [0.29, 0.717) is 18.0 Å². The van der Waals surface area contributed by atoms with Gasteiger partial charge in [-0.05, 0) is 36.4 Å². The summed E-state index contributed by atoms with van der Waals surface area (Å²) in [5.74, 6) is 0.317. The van der Waals surface area contributed by atoms with Crippen molar-refractivity contribution in [2.75, 3.05) is 26.8 Å². The number of hydrogen-bond acceptors (Lipinski definition) is 3. The number of carbonyl (C=O) groups is 1. The van der Waals surface area contributed by atoms with Gasteiger partial charge in [0.05, 0.1) is 18.4 Å². The molecule has 1 amide bonds. The second-order valence-corrected chi connectivity index (χ2v) is 4.72. The molecule has 1 fully saturated rings. The van der Waals surface area contributed by atoms with E-state index in [2.05, 4.69) is 0 Å². The van der Waals surface area contributed by atoms with Gasteiger partial charge in [-0.3, -0.25) is 4.79 Å². The molecule has 4 nitrogen and oxygen atoms in total. The molecule has 1 saturated heterocycles. The van der Waals surface area contributed by atoms with Crippen LogP contribution in [0.1, 0.15) is 23.2 Å². The maximum atomic E-state index is 12.0. The van der Waals surface area contributed by atoms with Crippen molar-refractivity contribution in [1.82, 2.24) is 4.90 Å². The van der Waals surface area contributed by atoms with Crippen LogP contribution in [0.25, 0.3) is 0 Å². The average molecular weight is 258 g/mol. The number of nitrogens with zero attached hydrogens (tertiary/aromatic N) is 1. The van der Waals surface area contributed by atoms with E-state index in [0.717, 1.165) is 26.1 Å². The molecule has 2 heterocycles. The second kappa shape index (κ2) is 5.56. The summed E-state index contributed by atoms with van der Waals surface area (Å²) in [5, 5.41) is 0.154. The van der Waals surface area contributed by atoms with Gasteiger partial charge in [0.15, 0.2) is 0 Å². The number of halogens is 1. The Morgan fingerprint density at radius 3 is 3.06 bits per heavy atom. The quantitative estimate of drug-likeness (QED) is 0.835. The molecule has 5 heteroatoms. The van der Waals surface area contributed by atoms with Crippen molar-refractivity contribution >= 4 is 17.5 Å². The van der Waals surface area contributed by atoms with Crippen LogP contribution in [0.5, 0.6) is 0 Å². The van der Waals surface area contributed by atoms with E-state index in [1.807, 2.05) is 0 Å². The molecule has 0 N–H and O–H groups in total. The van der Waals surface area contributed by atoms with Crippen LogP contribution in [0.4, 0.5) is 0 Å². The summed E-state index contributed by atoms with van der Waals surface area (Å²) < 4.78 is 10.3. The first-order valence-electron chi connectivity index (χ1n) is 5.74. The molecule has 0 spiro atoms. The smallest absolute Gasteiger partial charge is 0.258 e. The third-order valence-electron chi connectivity index (χ3n) is 2.98. The molecule has 1 aromatic heterocycles. The lowest BCUT2D eigenvalue weighted by Gasteiger charge is -2.26. The van der Waals surface area contributed by atoms with Gasteiger partial charge in [-0.1, -0.05) is 0 Å². The predicted molar refractivity (Wildman–Crippen MR) is 64.2 cm³/mol. The summed E-state index contributed by atoms with van der Waals surface area (Å²) in [5.41, 5.74) is 0.422. The van der Waals surface area contributed by atoms with Gasteiger partial charge in [0, 0.05) is 20.2 Å². The Bertz CT molecular complexity index is 385. The molecular weight excluding hydrogens is 242 g/mol. The van der Waals surface area contributed by atoms with E-state index in [1.54, 1.807) is 18.0 Å². The Morgan fingerprint density at radius 1 is 1.65 bits per heavy atom. The van der Waals surface area contributed by atoms with Crippen molar-refractivity contribution < 1.29 is 13.9 Å². The molecule has 0 aromatic carbocycles. The summed E-state index contributed by atoms with van der Waals surface area (Å²) in [6.07, 6.45) is 3.60. The Balaban J connectivity index is 1.93. The summed E-state index contributed by atoms with van der Waals surface area (Å²) in [6, 6.07) is 1.60. The van der Waals surface area contributed by atoms with Crippen molar-refractivity contribution in [1.29, 1.82) is 0 Å². The topological polar surface area (TPSA) is 42.7 Å². The fourth-order valence-corrected chi connectivity index (χ4v) is 2.27. The molecular formula is C12H16ClNO3. The molecule has 1 aliphatic rings. The van der Waals surface area contributed by atoms with Gasteiger partial charge in [-0.25, -0.2) is 0 Å². The fourth-order valence-electron chi connectivity index (χ4n) is 2.07. The third-order valence-corrected chi connectivity index (χ3v) is 3.27. The number of rotatable bonds is 3. The van der Waals surface area contributed by atoms with Crippen molar-refractivity contribution in [3.63, 3.8) is 0 Å². The van der Waals surface area contributed by atoms with Crippen LogP contribution in [0.2, 0.25) is 5.22 Å².